The Bertz CT molecular complexity index is 854. The Kier molecular flexibility index (Phi) is 41.8. The van der Waals surface area contributed by atoms with Crippen molar-refractivity contribution in [2.24, 2.45) is 11.8 Å². The van der Waals surface area contributed by atoms with Gasteiger partial charge < -0.3 is 14.2 Å². The lowest BCUT2D eigenvalue weighted by Gasteiger charge is -2.18. The molecule has 0 spiro atoms. The predicted octanol–water partition coefficient (Wildman–Crippen LogP) is 15.8. The fourth-order valence-corrected chi connectivity index (χ4v) is 7.46. The van der Waals surface area contributed by atoms with Crippen LogP contribution in [0.2, 0.25) is 0 Å². The first kappa shape index (κ1) is 54.4. The van der Waals surface area contributed by atoms with E-state index in [2.05, 4.69) is 34.6 Å². The van der Waals surface area contributed by atoms with Gasteiger partial charge in [-0.3, -0.25) is 14.4 Å². The number of hydrogen-bond donors (Lipinski definition) is 0. The zero-order valence-electron chi connectivity index (χ0n) is 38.3. The third-order valence-electron chi connectivity index (χ3n) is 11.2. The van der Waals surface area contributed by atoms with Gasteiger partial charge >= 0.3 is 17.9 Å². The Morgan fingerprint density at radius 2 is 0.589 bits per heavy atom. The molecule has 332 valence electrons. The fourth-order valence-electron chi connectivity index (χ4n) is 7.46. The van der Waals surface area contributed by atoms with Crippen molar-refractivity contribution < 1.29 is 28.6 Å². The summed E-state index contributed by atoms with van der Waals surface area (Å²) in [5, 5.41) is 0. The van der Waals surface area contributed by atoms with Crippen LogP contribution in [0.4, 0.5) is 0 Å². The maximum Gasteiger partial charge on any atom is 0.306 e. The Morgan fingerprint density at radius 3 is 0.875 bits per heavy atom. The molecule has 0 aliphatic carbocycles. The summed E-state index contributed by atoms with van der Waals surface area (Å²) in [5.41, 5.74) is 0. The van der Waals surface area contributed by atoms with Crippen LogP contribution in [0, 0.1) is 11.8 Å². The number of carbonyl (C=O) groups excluding carboxylic acids is 3. The summed E-state index contributed by atoms with van der Waals surface area (Å²) in [7, 11) is 0. The number of unbranched alkanes of at least 4 members (excludes halogenated alkanes) is 29. The highest BCUT2D eigenvalue weighted by Crippen LogP contribution is 2.17. The second-order valence-corrected chi connectivity index (χ2v) is 18.1. The van der Waals surface area contributed by atoms with Crippen LogP contribution in [-0.4, -0.2) is 37.2 Å². The van der Waals surface area contributed by atoms with Crippen LogP contribution in [0.15, 0.2) is 0 Å². The molecule has 0 radical (unpaired) electrons. The molecule has 0 fully saturated rings. The van der Waals surface area contributed by atoms with Crippen LogP contribution < -0.4 is 0 Å². The molecule has 6 nitrogen and oxygen atoms in total. The van der Waals surface area contributed by atoms with Crippen molar-refractivity contribution in [1.82, 2.24) is 0 Å². The summed E-state index contributed by atoms with van der Waals surface area (Å²) >= 11 is 0. The zero-order valence-corrected chi connectivity index (χ0v) is 38.3. The molecule has 0 amide bonds. The highest BCUT2D eigenvalue weighted by Gasteiger charge is 2.19. The molecule has 1 atom stereocenters. The van der Waals surface area contributed by atoms with Crippen molar-refractivity contribution in [1.29, 1.82) is 0 Å². The first-order valence-corrected chi connectivity index (χ1v) is 24.7. The van der Waals surface area contributed by atoms with Crippen molar-refractivity contribution in [2.45, 2.75) is 278 Å². The van der Waals surface area contributed by atoms with Gasteiger partial charge in [-0.2, -0.15) is 0 Å². The van der Waals surface area contributed by atoms with E-state index in [0.29, 0.717) is 19.3 Å². The Morgan fingerprint density at radius 1 is 0.339 bits per heavy atom. The molecule has 0 bridgehead atoms. The molecule has 0 unspecified atom stereocenters. The van der Waals surface area contributed by atoms with Gasteiger partial charge in [0.25, 0.3) is 0 Å². The second kappa shape index (κ2) is 43.0. The molecular weight excluding hydrogens is 697 g/mol. The van der Waals surface area contributed by atoms with E-state index in [1.54, 1.807) is 0 Å². The van der Waals surface area contributed by atoms with E-state index in [1.807, 2.05) is 0 Å². The van der Waals surface area contributed by atoms with Gasteiger partial charge in [0, 0.05) is 19.3 Å². The third kappa shape index (κ3) is 43.5. The fraction of sp³-hybridized carbons (Fsp3) is 0.940. The molecule has 0 heterocycles. The number of hydrogen-bond acceptors (Lipinski definition) is 6. The highest BCUT2D eigenvalue weighted by molar-refractivity contribution is 5.71. The minimum absolute atomic E-state index is 0.0647. The largest absolute Gasteiger partial charge is 0.462 e. The van der Waals surface area contributed by atoms with Crippen LogP contribution in [0.1, 0.15) is 272 Å². The van der Waals surface area contributed by atoms with Crippen molar-refractivity contribution in [3.05, 3.63) is 0 Å². The summed E-state index contributed by atoms with van der Waals surface area (Å²) in [5.74, 6) is 0.750. The number of esters is 3. The number of carbonyl (C=O) groups is 3. The third-order valence-corrected chi connectivity index (χ3v) is 11.2. The van der Waals surface area contributed by atoms with E-state index in [9.17, 15) is 14.4 Å². The molecule has 0 saturated heterocycles. The lowest BCUT2D eigenvalue weighted by molar-refractivity contribution is -0.167. The maximum absolute atomic E-state index is 12.7. The minimum Gasteiger partial charge on any atom is -0.462 e. The Labute approximate surface area is 348 Å². The van der Waals surface area contributed by atoms with Gasteiger partial charge in [0.1, 0.15) is 13.2 Å². The van der Waals surface area contributed by atoms with Gasteiger partial charge in [-0.15, -0.1) is 0 Å². The van der Waals surface area contributed by atoms with Crippen molar-refractivity contribution in [3.8, 4) is 0 Å². The van der Waals surface area contributed by atoms with Crippen molar-refractivity contribution >= 4 is 17.9 Å². The van der Waals surface area contributed by atoms with E-state index in [-0.39, 0.29) is 31.1 Å². The molecule has 6 heteroatoms. The van der Waals surface area contributed by atoms with E-state index >= 15 is 0 Å². The Hall–Kier alpha value is -1.59. The molecule has 0 aromatic carbocycles. The SMILES string of the molecule is CCCCCCCCCCCCCCCCC(=O)OC[C@@H](COC(=O)CCCCCCCCCCCCCC(C)C)OC(=O)CCCCCCCCCC(C)C. The van der Waals surface area contributed by atoms with E-state index in [1.165, 1.54) is 161 Å². The number of rotatable bonds is 44. The summed E-state index contributed by atoms with van der Waals surface area (Å²) in [6.07, 6.45) is 42.4. The van der Waals surface area contributed by atoms with Gasteiger partial charge in [0.15, 0.2) is 6.10 Å². The summed E-state index contributed by atoms with van der Waals surface area (Å²) in [4.78, 5) is 37.8. The van der Waals surface area contributed by atoms with Crippen LogP contribution in [0.3, 0.4) is 0 Å². The van der Waals surface area contributed by atoms with Gasteiger partial charge in [-0.05, 0) is 31.1 Å². The first-order chi connectivity index (χ1) is 27.2. The monoisotopic (exact) mass is 793 g/mol. The van der Waals surface area contributed by atoms with Crippen LogP contribution in [0.25, 0.3) is 0 Å². The average Bonchev–Trinajstić information content (AvgIpc) is 3.16. The zero-order chi connectivity index (χ0) is 41.2. The normalized spacial score (nSPS) is 12.1. The van der Waals surface area contributed by atoms with Gasteiger partial charge in [0.05, 0.1) is 0 Å². The predicted molar refractivity (Wildman–Crippen MR) is 238 cm³/mol. The van der Waals surface area contributed by atoms with E-state index < -0.39 is 6.10 Å². The summed E-state index contributed by atoms with van der Waals surface area (Å²) in [6, 6.07) is 0. The molecule has 0 aromatic rings. The smallest absolute Gasteiger partial charge is 0.306 e. The minimum atomic E-state index is -0.761. The molecule has 0 aliphatic rings. The summed E-state index contributed by atoms with van der Waals surface area (Å²) < 4.78 is 16.8. The van der Waals surface area contributed by atoms with E-state index in [0.717, 1.165) is 69.6 Å². The molecule has 56 heavy (non-hydrogen) atoms. The second-order valence-electron chi connectivity index (χ2n) is 18.1. The lowest BCUT2D eigenvalue weighted by Crippen LogP contribution is -2.30. The van der Waals surface area contributed by atoms with Crippen LogP contribution in [-0.2, 0) is 28.6 Å². The first-order valence-electron chi connectivity index (χ1n) is 24.7. The van der Waals surface area contributed by atoms with E-state index in [4.69, 9.17) is 14.2 Å². The van der Waals surface area contributed by atoms with Gasteiger partial charge in [0.2, 0.25) is 0 Å². The molecule has 0 aliphatic heterocycles. The van der Waals surface area contributed by atoms with Crippen molar-refractivity contribution in [2.75, 3.05) is 13.2 Å². The quantitative estimate of drug-likeness (QED) is 0.0347. The summed E-state index contributed by atoms with van der Waals surface area (Å²) in [6.45, 7) is 11.3. The lowest BCUT2D eigenvalue weighted by atomic mass is 10.0. The topological polar surface area (TPSA) is 78.9 Å². The van der Waals surface area contributed by atoms with Crippen molar-refractivity contribution in [3.63, 3.8) is 0 Å². The number of ether oxygens (including phenoxy) is 3. The molecule has 0 aromatic heterocycles. The standard InChI is InChI=1S/C50H96O6/c1-6-7-8-9-10-11-12-13-14-17-20-25-30-35-40-48(51)54-43-47(56-50(53)42-37-32-27-22-24-29-34-39-46(4)5)44-55-49(52)41-36-31-26-21-18-15-16-19-23-28-33-38-45(2)3/h45-47H,6-44H2,1-5H3/t47-/m0/s1. The maximum atomic E-state index is 12.7. The average molecular weight is 793 g/mol. The highest BCUT2D eigenvalue weighted by atomic mass is 16.6. The van der Waals surface area contributed by atoms with Crippen LogP contribution >= 0.6 is 0 Å². The molecule has 0 N–H and O–H groups in total. The van der Waals surface area contributed by atoms with Gasteiger partial charge in [-0.25, -0.2) is 0 Å². The molecule has 0 rings (SSSR count). The van der Waals surface area contributed by atoms with Crippen LogP contribution in [0.5, 0.6) is 0 Å². The van der Waals surface area contributed by atoms with Gasteiger partial charge in [-0.1, -0.05) is 234 Å². The molecular formula is C50H96O6. The molecule has 0 saturated carbocycles. The Balaban J connectivity index is 4.29.